The summed E-state index contributed by atoms with van der Waals surface area (Å²) >= 11 is 0. The molecular weight excluding hydrogens is 973 g/mol. The second-order valence-corrected chi connectivity index (χ2v) is 22.0. The maximum Gasteiger partial charge on any atom is 0.306 e. The largest absolute Gasteiger partial charge is 0.462 e. The highest BCUT2D eigenvalue weighted by molar-refractivity contribution is 5.71. The highest BCUT2D eigenvalue weighted by Gasteiger charge is 2.19. The summed E-state index contributed by atoms with van der Waals surface area (Å²) in [5, 5.41) is 0. The van der Waals surface area contributed by atoms with E-state index in [1.807, 2.05) is 0 Å². The molecule has 0 bridgehead atoms. The van der Waals surface area contributed by atoms with Crippen molar-refractivity contribution in [1.29, 1.82) is 0 Å². The van der Waals surface area contributed by atoms with Crippen molar-refractivity contribution in [2.24, 2.45) is 0 Å². The Bertz CT molecular complexity index is 1590. The lowest BCUT2D eigenvalue weighted by atomic mass is 10.0. The number of carbonyl (C=O) groups is 3. The van der Waals surface area contributed by atoms with Gasteiger partial charge in [0.1, 0.15) is 13.2 Å². The third-order valence-corrected chi connectivity index (χ3v) is 14.2. The SMILES string of the molecule is CC/C=C\C/C=C\C/C=C\C/C=C\C/C=C\C/C=C\CCCCCCCCCCCCCCCCC(=O)OCC(COC(=O)CCCCCCC/C=C\CCCCC)OC(=O)CCCCCCC/C=C\C/C=C\CCCCCC. The van der Waals surface area contributed by atoms with E-state index >= 15 is 0 Å². The summed E-state index contributed by atoms with van der Waals surface area (Å²) in [5.41, 5.74) is 0. The fraction of sp³-hybridized carbons (Fsp3) is 0.712. The van der Waals surface area contributed by atoms with E-state index in [2.05, 4.69) is 130 Å². The number of rotatable bonds is 60. The van der Waals surface area contributed by atoms with Gasteiger partial charge in [-0.25, -0.2) is 0 Å². The van der Waals surface area contributed by atoms with Crippen LogP contribution in [0.25, 0.3) is 0 Å². The van der Waals surface area contributed by atoms with Crippen molar-refractivity contribution >= 4 is 17.9 Å². The molecule has 0 amide bonds. The molecule has 452 valence electrons. The monoisotopic (exact) mass is 1100 g/mol. The molecule has 1 unspecified atom stereocenters. The molecule has 0 rings (SSSR count). The summed E-state index contributed by atoms with van der Waals surface area (Å²) in [6.07, 6.45) is 91.1. The van der Waals surface area contributed by atoms with Crippen LogP contribution in [-0.2, 0) is 28.6 Å². The number of carbonyl (C=O) groups excluding carboxylic acids is 3. The lowest BCUT2D eigenvalue weighted by Gasteiger charge is -2.18. The van der Waals surface area contributed by atoms with E-state index < -0.39 is 6.10 Å². The van der Waals surface area contributed by atoms with E-state index in [1.165, 1.54) is 148 Å². The summed E-state index contributed by atoms with van der Waals surface area (Å²) in [7, 11) is 0. The smallest absolute Gasteiger partial charge is 0.306 e. The summed E-state index contributed by atoms with van der Waals surface area (Å²) < 4.78 is 16.9. The van der Waals surface area contributed by atoms with Gasteiger partial charge in [-0.2, -0.15) is 0 Å². The molecule has 0 aliphatic heterocycles. The quantitative estimate of drug-likeness (QED) is 0.0261. The van der Waals surface area contributed by atoms with Gasteiger partial charge in [-0.15, -0.1) is 0 Å². The van der Waals surface area contributed by atoms with Crippen molar-refractivity contribution in [1.82, 2.24) is 0 Å². The van der Waals surface area contributed by atoms with Gasteiger partial charge in [0.15, 0.2) is 6.10 Å². The van der Waals surface area contributed by atoms with Gasteiger partial charge < -0.3 is 14.2 Å². The summed E-state index contributed by atoms with van der Waals surface area (Å²) in [6.45, 7) is 6.48. The molecule has 0 aliphatic rings. The molecule has 6 heteroatoms. The second-order valence-electron chi connectivity index (χ2n) is 22.0. The standard InChI is InChI=1S/C73H124O6/c1-4-7-10-13-16-19-22-25-27-29-30-31-32-33-34-35-36-37-38-39-40-41-42-43-44-45-47-48-51-54-57-60-63-66-72(75)78-69-70(68-77-71(74)65-62-59-56-53-50-24-21-18-15-12-9-6-3)79-73(76)67-64-61-58-55-52-49-46-28-26-23-20-17-14-11-8-5-2/h7,10,16,18-21,23,25,27-28,30-31,33-34,36-37,46,70H,4-6,8-9,11-15,17,22,24,26,29,32,35,38-45,47-69H2,1-3H3/b10-7-,19-16-,21-18-,23-20-,27-25-,31-30-,34-33-,37-36-,46-28-. The van der Waals surface area contributed by atoms with Crippen LogP contribution in [0.4, 0.5) is 0 Å². The molecule has 0 aromatic carbocycles. The molecule has 6 nitrogen and oxygen atoms in total. The van der Waals surface area contributed by atoms with Crippen LogP contribution in [0.5, 0.6) is 0 Å². The average Bonchev–Trinajstić information content (AvgIpc) is 3.45. The van der Waals surface area contributed by atoms with Crippen LogP contribution in [0.15, 0.2) is 109 Å². The molecule has 0 aromatic heterocycles. The van der Waals surface area contributed by atoms with Gasteiger partial charge in [-0.1, -0.05) is 278 Å². The Morgan fingerprint density at radius 1 is 0.266 bits per heavy atom. The van der Waals surface area contributed by atoms with E-state index in [4.69, 9.17) is 14.2 Å². The van der Waals surface area contributed by atoms with Crippen LogP contribution in [0.1, 0.15) is 316 Å². The lowest BCUT2D eigenvalue weighted by Crippen LogP contribution is -2.30. The van der Waals surface area contributed by atoms with Gasteiger partial charge in [0, 0.05) is 19.3 Å². The Kier molecular flexibility index (Phi) is 63.3. The molecule has 0 spiro atoms. The fourth-order valence-corrected chi connectivity index (χ4v) is 9.24. The Morgan fingerprint density at radius 3 is 0.810 bits per heavy atom. The van der Waals surface area contributed by atoms with E-state index in [0.717, 1.165) is 128 Å². The first-order valence-electron chi connectivity index (χ1n) is 33.4. The van der Waals surface area contributed by atoms with Crippen molar-refractivity contribution in [2.45, 2.75) is 322 Å². The van der Waals surface area contributed by atoms with Crippen molar-refractivity contribution < 1.29 is 28.6 Å². The summed E-state index contributed by atoms with van der Waals surface area (Å²) in [6, 6.07) is 0. The zero-order valence-electron chi connectivity index (χ0n) is 51.9. The van der Waals surface area contributed by atoms with E-state index in [0.29, 0.717) is 19.3 Å². The molecular formula is C73H124O6. The molecule has 1 atom stereocenters. The zero-order chi connectivity index (χ0) is 57.1. The molecule has 0 N–H and O–H groups in total. The summed E-state index contributed by atoms with van der Waals surface area (Å²) in [4.78, 5) is 38.3. The molecule has 0 saturated carbocycles. The van der Waals surface area contributed by atoms with Crippen molar-refractivity contribution in [3.05, 3.63) is 109 Å². The van der Waals surface area contributed by atoms with Crippen molar-refractivity contribution in [3.8, 4) is 0 Å². The van der Waals surface area contributed by atoms with Gasteiger partial charge in [0.05, 0.1) is 0 Å². The molecule has 0 fully saturated rings. The number of unbranched alkanes of at least 4 members (excludes halogenated alkanes) is 31. The average molecular weight is 1100 g/mol. The predicted molar refractivity (Wildman–Crippen MR) is 343 cm³/mol. The van der Waals surface area contributed by atoms with Gasteiger partial charge in [0.2, 0.25) is 0 Å². The second kappa shape index (κ2) is 66.6. The van der Waals surface area contributed by atoms with Crippen LogP contribution >= 0.6 is 0 Å². The minimum atomic E-state index is -0.789. The molecule has 79 heavy (non-hydrogen) atoms. The number of hydrogen-bond acceptors (Lipinski definition) is 6. The van der Waals surface area contributed by atoms with Crippen LogP contribution in [0.2, 0.25) is 0 Å². The van der Waals surface area contributed by atoms with Crippen LogP contribution in [-0.4, -0.2) is 37.2 Å². The number of ether oxygens (including phenoxy) is 3. The highest BCUT2D eigenvalue weighted by Crippen LogP contribution is 2.16. The lowest BCUT2D eigenvalue weighted by molar-refractivity contribution is -0.167. The minimum Gasteiger partial charge on any atom is -0.462 e. The van der Waals surface area contributed by atoms with E-state index in [1.54, 1.807) is 0 Å². The molecule has 0 saturated heterocycles. The predicted octanol–water partition coefficient (Wildman–Crippen LogP) is 23.0. The van der Waals surface area contributed by atoms with E-state index in [-0.39, 0.29) is 31.1 Å². The fourth-order valence-electron chi connectivity index (χ4n) is 9.24. The Balaban J connectivity index is 4.19. The molecule has 0 heterocycles. The highest BCUT2D eigenvalue weighted by atomic mass is 16.6. The number of hydrogen-bond donors (Lipinski definition) is 0. The molecule has 0 aromatic rings. The zero-order valence-corrected chi connectivity index (χ0v) is 51.9. The summed E-state index contributed by atoms with van der Waals surface area (Å²) in [5.74, 6) is -0.900. The first kappa shape index (κ1) is 75.1. The van der Waals surface area contributed by atoms with Gasteiger partial charge in [-0.3, -0.25) is 14.4 Å². The Hall–Kier alpha value is -3.93. The van der Waals surface area contributed by atoms with Gasteiger partial charge in [0.25, 0.3) is 0 Å². The maximum atomic E-state index is 12.9. The van der Waals surface area contributed by atoms with Crippen LogP contribution in [0, 0.1) is 0 Å². The Morgan fingerprint density at radius 2 is 0.494 bits per heavy atom. The molecule has 0 aliphatic carbocycles. The molecule has 0 radical (unpaired) electrons. The van der Waals surface area contributed by atoms with Crippen molar-refractivity contribution in [3.63, 3.8) is 0 Å². The normalized spacial score (nSPS) is 12.8. The van der Waals surface area contributed by atoms with Gasteiger partial charge in [-0.05, 0) is 128 Å². The third kappa shape index (κ3) is 64.8. The van der Waals surface area contributed by atoms with E-state index in [9.17, 15) is 14.4 Å². The van der Waals surface area contributed by atoms with Crippen LogP contribution < -0.4 is 0 Å². The first-order valence-corrected chi connectivity index (χ1v) is 33.4. The topological polar surface area (TPSA) is 78.9 Å². The number of esters is 3. The van der Waals surface area contributed by atoms with Gasteiger partial charge >= 0.3 is 17.9 Å². The maximum absolute atomic E-state index is 12.9. The van der Waals surface area contributed by atoms with Crippen molar-refractivity contribution in [2.75, 3.05) is 13.2 Å². The minimum absolute atomic E-state index is 0.0851. The Labute approximate surface area is 489 Å². The first-order chi connectivity index (χ1) is 39.0. The van der Waals surface area contributed by atoms with Crippen LogP contribution in [0.3, 0.4) is 0 Å². The number of allylic oxidation sites excluding steroid dienone is 18. The third-order valence-electron chi connectivity index (χ3n) is 14.2.